The molecule has 0 amide bonds. The van der Waals surface area contributed by atoms with Crippen molar-refractivity contribution in [3.8, 4) is 0 Å². The van der Waals surface area contributed by atoms with E-state index in [-0.39, 0.29) is 0 Å². The van der Waals surface area contributed by atoms with Crippen LogP contribution in [0.25, 0.3) is 0 Å². The number of rotatable bonds is 4. The third-order valence-electron chi connectivity index (χ3n) is 3.35. The van der Waals surface area contributed by atoms with E-state index in [1.807, 2.05) is 7.05 Å². The van der Waals surface area contributed by atoms with Gasteiger partial charge in [-0.15, -0.1) is 11.3 Å². The van der Waals surface area contributed by atoms with Crippen molar-refractivity contribution in [2.45, 2.75) is 25.8 Å². The van der Waals surface area contributed by atoms with Gasteiger partial charge in [-0.3, -0.25) is 0 Å². The van der Waals surface area contributed by atoms with Gasteiger partial charge in [0.1, 0.15) is 0 Å². The van der Waals surface area contributed by atoms with E-state index < -0.39 is 9.84 Å². The Labute approximate surface area is 107 Å². The summed E-state index contributed by atoms with van der Waals surface area (Å²) < 4.78 is 22.9. The summed E-state index contributed by atoms with van der Waals surface area (Å²) in [7, 11) is -0.803. The quantitative estimate of drug-likeness (QED) is 0.914. The molecule has 0 aromatic carbocycles. The van der Waals surface area contributed by atoms with Crippen molar-refractivity contribution in [2.24, 2.45) is 5.92 Å². The molecule has 17 heavy (non-hydrogen) atoms. The Morgan fingerprint density at radius 3 is 2.76 bits per heavy atom. The van der Waals surface area contributed by atoms with Gasteiger partial charge in [-0.1, -0.05) is 0 Å². The lowest BCUT2D eigenvalue weighted by atomic mass is 9.98. The van der Waals surface area contributed by atoms with Crippen LogP contribution in [0.15, 0.2) is 12.1 Å². The zero-order valence-electron chi connectivity index (χ0n) is 10.3. The number of sulfone groups is 1. The summed E-state index contributed by atoms with van der Waals surface area (Å²) in [6, 6.07) is 4.56. The second kappa shape index (κ2) is 5.08. The van der Waals surface area contributed by atoms with Gasteiger partial charge in [-0.25, -0.2) is 8.42 Å². The Morgan fingerprint density at radius 1 is 1.53 bits per heavy atom. The maximum Gasteiger partial charge on any atom is 0.150 e. The van der Waals surface area contributed by atoms with E-state index in [0.717, 1.165) is 12.8 Å². The molecule has 2 rings (SSSR count). The van der Waals surface area contributed by atoms with Gasteiger partial charge < -0.3 is 5.32 Å². The Morgan fingerprint density at radius 2 is 2.29 bits per heavy atom. The van der Waals surface area contributed by atoms with Gasteiger partial charge in [-0.2, -0.15) is 0 Å². The molecule has 0 aliphatic carbocycles. The van der Waals surface area contributed by atoms with Crippen LogP contribution < -0.4 is 5.32 Å². The maximum atomic E-state index is 11.4. The molecule has 1 N–H and O–H groups in total. The Bertz CT molecular complexity index is 478. The molecule has 0 spiro atoms. The Hall–Kier alpha value is -0.390. The summed E-state index contributed by atoms with van der Waals surface area (Å²) in [6.45, 7) is 2.10. The van der Waals surface area contributed by atoms with Crippen LogP contribution >= 0.6 is 11.3 Å². The van der Waals surface area contributed by atoms with Crippen molar-refractivity contribution in [2.75, 3.05) is 18.6 Å². The summed E-state index contributed by atoms with van der Waals surface area (Å²) in [5.41, 5.74) is 0. The average molecular weight is 273 g/mol. The first kappa shape index (κ1) is 13.1. The molecule has 3 nitrogen and oxygen atoms in total. The molecule has 0 radical (unpaired) electrons. The number of thiophene rings is 1. The molecule has 1 aromatic heterocycles. The van der Waals surface area contributed by atoms with E-state index >= 15 is 0 Å². The van der Waals surface area contributed by atoms with Crippen LogP contribution in [0.5, 0.6) is 0 Å². The second-order valence-corrected chi connectivity index (χ2v) is 8.34. The number of aryl methyl sites for hydroxylation is 1. The van der Waals surface area contributed by atoms with E-state index in [0.29, 0.717) is 23.5 Å². The van der Waals surface area contributed by atoms with Crippen LogP contribution in [0, 0.1) is 12.8 Å². The SMILES string of the molecule is CNC(CC1CCS(=O)(=O)C1)c1ccc(C)s1. The minimum Gasteiger partial charge on any atom is -0.312 e. The zero-order chi connectivity index (χ0) is 12.5. The van der Waals surface area contributed by atoms with Gasteiger partial charge in [0.2, 0.25) is 0 Å². The molecule has 0 saturated carbocycles. The largest absolute Gasteiger partial charge is 0.312 e. The van der Waals surface area contributed by atoms with E-state index in [9.17, 15) is 8.42 Å². The molecular formula is C12H19NO2S2. The molecular weight excluding hydrogens is 254 g/mol. The second-order valence-electron chi connectivity index (χ2n) is 4.79. The first-order chi connectivity index (χ1) is 8.00. The first-order valence-electron chi connectivity index (χ1n) is 5.94. The summed E-state index contributed by atoms with van der Waals surface area (Å²) in [6.07, 6.45) is 1.75. The van der Waals surface area contributed by atoms with Crippen molar-refractivity contribution in [1.29, 1.82) is 0 Å². The smallest absolute Gasteiger partial charge is 0.150 e. The summed E-state index contributed by atoms with van der Waals surface area (Å²) in [5.74, 6) is 1.06. The van der Waals surface area contributed by atoms with Crippen molar-refractivity contribution >= 4 is 21.2 Å². The number of nitrogens with one attached hydrogen (secondary N) is 1. The topological polar surface area (TPSA) is 46.2 Å². The average Bonchev–Trinajstić information content (AvgIpc) is 2.81. The third kappa shape index (κ3) is 3.30. The number of hydrogen-bond donors (Lipinski definition) is 1. The maximum absolute atomic E-state index is 11.4. The fourth-order valence-corrected chi connectivity index (χ4v) is 5.29. The van der Waals surface area contributed by atoms with Gasteiger partial charge in [0, 0.05) is 15.8 Å². The van der Waals surface area contributed by atoms with Crippen molar-refractivity contribution in [3.63, 3.8) is 0 Å². The van der Waals surface area contributed by atoms with Gasteiger partial charge in [0.25, 0.3) is 0 Å². The minimum absolute atomic E-state index is 0.298. The fraction of sp³-hybridized carbons (Fsp3) is 0.667. The van der Waals surface area contributed by atoms with Gasteiger partial charge >= 0.3 is 0 Å². The predicted molar refractivity (Wildman–Crippen MR) is 72.2 cm³/mol. The van der Waals surface area contributed by atoms with Crippen molar-refractivity contribution in [1.82, 2.24) is 5.32 Å². The number of hydrogen-bond acceptors (Lipinski definition) is 4. The molecule has 96 valence electrons. The zero-order valence-corrected chi connectivity index (χ0v) is 11.9. The van der Waals surface area contributed by atoms with Crippen molar-refractivity contribution in [3.05, 3.63) is 21.9 Å². The minimum atomic E-state index is -2.75. The van der Waals surface area contributed by atoms with E-state index in [4.69, 9.17) is 0 Å². The third-order valence-corrected chi connectivity index (χ3v) is 6.30. The predicted octanol–water partition coefficient (Wildman–Crippen LogP) is 2.14. The lowest BCUT2D eigenvalue weighted by Crippen LogP contribution is -2.19. The molecule has 1 fully saturated rings. The van der Waals surface area contributed by atoms with Crippen LogP contribution in [0.1, 0.15) is 28.6 Å². The summed E-state index contributed by atoms with van der Waals surface area (Å²) in [5, 5.41) is 3.30. The van der Waals surface area contributed by atoms with Crippen LogP contribution in [-0.4, -0.2) is 27.0 Å². The van der Waals surface area contributed by atoms with E-state index in [2.05, 4.69) is 24.4 Å². The summed E-state index contributed by atoms with van der Waals surface area (Å²) >= 11 is 1.79. The fourth-order valence-electron chi connectivity index (χ4n) is 2.41. The molecule has 0 bridgehead atoms. The van der Waals surface area contributed by atoms with E-state index in [1.54, 1.807) is 11.3 Å². The highest BCUT2D eigenvalue weighted by Gasteiger charge is 2.30. The van der Waals surface area contributed by atoms with Gasteiger partial charge in [-0.05, 0) is 44.9 Å². The molecule has 2 unspecified atom stereocenters. The monoisotopic (exact) mass is 273 g/mol. The normalized spacial score (nSPS) is 24.9. The first-order valence-corrected chi connectivity index (χ1v) is 8.58. The van der Waals surface area contributed by atoms with Crippen LogP contribution in [-0.2, 0) is 9.84 Å². The van der Waals surface area contributed by atoms with Crippen molar-refractivity contribution < 1.29 is 8.42 Å². The van der Waals surface area contributed by atoms with E-state index in [1.165, 1.54) is 9.75 Å². The van der Waals surface area contributed by atoms with Crippen LogP contribution in [0.2, 0.25) is 0 Å². The Balaban J connectivity index is 2.01. The lowest BCUT2D eigenvalue weighted by Gasteiger charge is -2.18. The van der Waals surface area contributed by atoms with Crippen LogP contribution in [0.4, 0.5) is 0 Å². The highest BCUT2D eigenvalue weighted by atomic mass is 32.2. The molecule has 1 aliphatic rings. The highest BCUT2D eigenvalue weighted by Crippen LogP contribution is 2.31. The summed E-state index contributed by atoms with van der Waals surface area (Å²) in [4.78, 5) is 2.62. The van der Waals surface area contributed by atoms with Gasteiger partial charge in [0.05, 0.1) is 11.5 Å². The highest BCUT2D eigenvalue weighted by molar-refractivity contribution is 7.91. The molecule has 5 heteroatoms. The lowest BCUT2D eigenvalue weighted by molar-refractivity contribution is 0.441. The van der Waals surface area contributed by atoms with Crippen LogP contribution in [0.3, 0.4) is 0 Å². The molecule has 1 saturated heterocycles. The Kier molecular flexibility index (Phi) is 3.90. The molecule has 2 heterocycles. The molecule has 2 atom stereocenters. The standard InChI is InChI=1S/C12H19NO2S2/c1-9-3-4-12(16-9)11(13-2)7-10-5-6-17(14,15)8-10/h3-4,10-11,13H,5-8H2,1-2H3. The molecule has 1 aromatic rings. The molecule has 1 aliphatic heterocycles. The van der Waals surface area contributed by atoms with Gasteiger partial charge in [0.15, 0.2) is 9.84 Å².